The second kappa shape index (κ2) is 7.66. The molecule has 0 N–H and O–H groups in total. The van der Waals surface area contributed by atoms with Gasteiger partial charge in [-0.2, -0.15) is 0 Å². The maximum absolute atomic E-state index is 2.61. The Bertz CT molecular complexity index is 1690. The molecule has 6 aromatic rings. The number of benzene rings is 4. The molecule has 0 radical (unpaired) electrons. The largest absolute Gasteiger partial charge is 0.285 e. The van der Waals surface area contributed by atoms with Crippen LogP contribution in [0, 0.1) is 0 Å². The first-order valence-electron chi connectivity index (χ1n) is 13.0. The van der Waals surface area contributed by atoms with Crippen molar-refractivity contribution in [1.82, 2.24) is 0 Å². The summed E-state index contributed by atoms with van der Waals surface area (Å²) >= 11 is 0. The molecule has 2 aliphatic rings. The van der Waals surface area contributed by atoms with E-state index in [0.717, 1.165) is 39.3 Å². The predicted molar refractivity (Wildman–Crippen MR) is 148 cm³/mol. The summed E-state index contributed by atoms with van der Waals surface area (Å²) in [6.45, 7) is 6.24. The van der Waals surface area contributed by atoms with E-state index in [1.807, 2.05) is 0 Å². The molecule has 0 spiro atoms. The molecular formula is C32H28N4+2. The van der Waals surface area contributed by atoms with Crippen LogP contribution >= 0.6 is 0 Å². The van der Waals surface area contributed by atoms with Crippen molar-refractivity contribution < 1.29 is 9.13 Å². The summed E-state index contributed by atoms with van der Waals surface area (Å²) < 4.78 is 5.07. The van der Waals surface area contributed by atoms with E-state index in [4.69, 9.17) is 0 Å². The van der Waals surface area contributed by atoms with E-state index in [2.05, 4.69) is 116 Å². The molecule has 36 heavy (non-hydrogen) atoms. The molecule has 0 amide bonds. The molecule has 4 nitrogen and oxygen atoms in total. The zero-order valence-corrected chi connectivity index (χ0v) is 20.3. The van der Waals surface area contributed by atoms with Crippen LogP contribution in [0.1, 0.15) is 0 Å². The average molecular weight is 469 g/mol. The van der Waals surface area contributed by atoms with Crippen molar-refractivity contribution in [2.24, 2.45) is 0 Å². The highest BCUT2D eigenvalue weighted by Gasteiger charge is 2.36. The van der Waals surface area contributed by atoms with E-state index < -0.39 is 0 Å². The summed E-state index contributed by atoms with van der Waals surface area (Å²) in [5.41, 5.74) is 2.68. The van der Waals surface area contributed by atoms with E-state index in [0.29, 0.717) is 0 Å². The van der Waals surface area contributed by atoms with Gasteiger partial charge in [-0.15, -0.1) is 0 Å². The van der Waals surface area contributed by atoms with Crippen molar-refractivity contribution in [2.45, 2.75) is 13.1 Å². The van der Waals surface area contributed by atoms with Gasteiger partial charge in [0.05, 0.1) is 10.8 Å². The highest BCUT2D eigenvalue weighted by Crippen LogP contribution is 2.34. The molecule has 0 saturated heterocycles. The van der Waals surface area contributed by atoms with E-state index >= 15 is 0 Å². The van der Waals surface area contributed by atoms with Gasteiger partial charge in [0.15, 0.2) is 0 Å². The first-order chi connectivity index (χ1) is 17.9. The minimum Gasteiger partial charge on any atom is -0.253 e. The fourth-order valence-corrected chi connectivity index (χ4v) is 6.68. The number of pyridine rings is 2. The van der Waals surface area contributed by atoms with Crippen molar-refractivity contribution in [1.29, 1.82) is 0 Å². The van der Waals surface area contributed by atoms with Gasteiger partial charge in [-0.1, -0.05) is 72.8 Å². The van der Waals surface area contributed by atoms with Crippen LogP contribution in [0.25, 0.3) is 43.4 Å². The SMILES string of the molecule is c1ccc2c(c1)c1[n+](c3ccccc23)CCN1CCN1CC[n+]2c1c1ccccc1c1ccccc12. The summed E-state index contributed by atoms with van der Waals surface area (Å²) in [5, 5.41) is 8.13. The number of para-hydroxylation sites is 2. The molecule has 0 bridgehead atoms. The van der Waals surface area contributed by atoms with Gasteiger partial charge in [0.2, 0.25) is 0 Å². The van der Waals surface area contributed by atoms with E-state index in [9.17, 15) is 0 Å². The number of nitrogens with zero attached hydrogens (tertiary/aromatic N) is 4. The molecule has 8 rings (SSSR count). The first kappa shape index (κ1) is 20.1. The van der Waals surface area contributed by atoms with Gasteiger partial charge in [-0.25, -0.2) is 9.13 Å². The van der Waals surface area contributed by atoms with Gasteiger partial charge >= 0.3 is 0 Å². The van der Waals surface area contributed by atoms with E-state index in [1.54, 1.807) is 0 Å². The lowest BCUT2D eigenvalue weighted by Gasteiger charge is -2.17. The molecule has 0 atom stereocenters. The molecule has 0 aliphatic carbocycles. The Balaban J connectivity index is 1.21. The predicted octanol–water partition coefficient (Wildman–Crippen LogP) is 5.21. The standard InChI is InChI=1S/C32H28N4/c1-3-13-27-23(9-1)25-11-5-7-15-29(25)35-21-19-33(31(27)35)17-18-34-20-22-36-30-16-8-6-12-26(30)24-10-2-4-14-28(24)32(34)36/h1-16H,17-22H2/q+2. The monoisotopic (exact) mass is 468 g/mol. The van der Waals surface area contributed by atoms with E-state index in [1.165, 1.54) is 55.0 Å². The molecule has 0 saturated carbocycles. The second-order valence-electron chi connectivity index (χ2n) is 10.1. The summed E-state index contributed by atoms with van der Waals surface area (Å²) in [6.07, 6.45) is 0. The fourth-order valence-electron chi connectivity index (χ4n) is 6.68. The number of rotatable bonds is 3. The Morgan fingerprint density at radius 1 is 0.444 bits per heavy atom. The van der Waals surface area contributed by atoms with Gasteiger partial charge in [0.1, 0.15) is 50.3 Å². The molecule has 4 heteroatoms. The van der Waals surface area contributed by atoms with Crippen LogP contribution in [0.15, 0.2) is 97.1 Å². The van der Waals surface area contributed by atoms with Crippen molar-refractivity contribution in [3.8, 4) is 0 Å². The smallest absolute Gasteiger partial charge is 0.253 e. The fraction of sp³-hybridized carbons (Fsp3) is 0.188. The van der Waals surface area contributed by atoms with Gasteiger partial charge in [0, 0.05) is 21.5 Å². The number of hydrogen-bond donors (Lipinski definition) is 0. The van der Waals surface area contributed by atoms with Gasteiger partial charge in [0.25, 0.3) is 11.6 Å². The number of hydrogen-bond acceptors (Lipinski definition) is 2. The zero-order chi connectivity index (χ0) is 23.6. The van der Waals surface area contributed by atoms with Crippen LogP contribution in [0.4, 0.5) is 11.6 Å². The first-order valence-corrected chi connectivity index (χ1v) is 13.0. The summed E-state index contributed by atoms with van der Waals surface area (Å²) in [7, 11) is 0. The third-order valence-corrected chi connectivity index (χ3v) is 8.24. The normalized spacial score (nSPS) is 14.9. The minimum absolute atomic E-state index is 1.02. The quantitative estimate of drug-likeness (QED) is 0.261. The van der Waals surface area contributed by atoms with Crippen molar-refractivity contribution in [3.05, 3.63) is 97.1 Å². The van der Waals surface area contributed by atoms with Gasteiger partial charge < -0.3 is 0 Å². The minimum atomic E-state index is 1.02. The lowest BCUT2D eigenvalue weighted by Crippen LogP contribution is -2.36. The molecule has 174 valence electrons. The molecular weight excluding hydrogens is 440 g/mol. The Morgan fingerprint density at radius 2 is 0.806 bits per heavy atom. The number of aromatic nitrogens is 2. The van der Waals surface area contributed by atoms with Crippen LogP contribution in [-0.2, 0) is 13.1 Å². The third kappa shape index (κ3) is 2.75. The maximum atomic E-state index is 2.61. The topological polar surface area (TPSA) is 14.2 Å². The van der Waals surface area contributed by atoms with Crippen molar-refractivity contribution in [3.63, 3.8) is 0 Å². The van der Waals surface area contributed by atoms with Crippen molar-refractivity contribution in [2.75, 3.05) is 36.0 Å². The van der Waals surface area contributed by atoms with Crippen LogP contribution in [-0.4, -0.2) is 26.2 Å². The molecule has 2 aromatic heterocycles. The summed E-state index contributed by atoms with van der Waals surface area (Å²) in [6, 6.07) is 35.6. The Kier molecular flexibility index (Phi) is 4.27. The molecule has 0 fully saturated rings. The lowest BCUT2D eigenvalue weighted by molar-refractivity contribution is -0.643. The van der Waals surface area contributed by atoms with Crippen molar-refractivity contribution >= 4 is 55.0 Å². The summed E-state index contributed by atoms with van der Waals surface area (Å²) in [4.78, 5) is 5.22. The zero-order valence-electron chi connectivity index (χ0n) is 20.3. The van der Waals surface area contributed by atoms with Crippen LogP contribution in [0.3, 0.4) is 0 Å². The Labute approximate surface area is 210 Å². The van der Waals surface area contributed by atoms with E-state index in [-0.39, 0.29) is 0 Å². The third-order valence-electron chi connectivity index (χ3n) is 8.24. The van der Waals surface area contributed by atoms with Crippen LogP contribution < -0.4 is 18.9 Å². The lowest BCUT2D eigenvalue weighted by atomic mass is 10.1. The number of anilines is 2. The second-order valence-corrected chi connectivity index (χ2v) is 10.1. The van der Waals surface area contributed by atoms with Crippen LogP contribution in [0.2, 0.25) is 0 Å². The summed E-state index contributed by atoms with van der Waals surface area (Å²) in [5.74, 6) is 2.75. The highest BCUT2D eigenvalue weighted by molar-refractivity contribution is 6.09. The number of fused-ring (bicyclic) bond motifs is 12. The highest BCUT2D eigenvalue weighted by atomic mass is 15.3. The molecule has 2 aliphatic heterocycles. The van der Waals surface area contributed by atoms with Gasteiger partial charge in [-0.3, -0.25) is 9.80 Å². The maximum Gasteiger partial charge on any atom is 0.285 e. The average Bonchev–Trinajstić information content (AvgIpc) is 3.57. The molecule has 0 unspecified atom stereocenters. The molecule has 4 heterocycles. The van der Waals surface area contributed by atoms with Gasteiger partial charge in [-0.05, 0) is 24.3 Å². The molecule has 4 aromatic carbocycles. The van der Waals surface area contributed by atoms with Crippen LogP contribution in [0.5, 0.6) is 0 Å². The Hall–Kier alpha value is -4.18. The Morgan fingerprint density at radius 3 is 1.25 bits per heavy atom.